The van der Waals surface area contributed by atoms with Gasteiger partial charge in [-0.1, -0.05) is 12.1 Å². The van der Waals surface area contributed by atoms with E-state index in [-0.39, 0.29) is 16.4 Å². The van der Waals surface area contributed by atoms with Crippen LogP contribution in [0.25, 0.3) is 11.0 Å². The van der Waals surface area contributed by atoms with Crippen LogP contribution in [0.5, 0.6) is 5.75 Å². The molecule has 2 fully saturated rings. The van der Waals surface area contributed by atoms with Crippen molar-refractivity contribution in [2.24, 2.45) is 0 Å². The minimum atomic E-state index is -0.631. The Labute approximate surface area is 149 Å². The molecule has 4 rings (SSSR count). The van der Waals surface area contributed by atoms with Crippen LogP contribution in [0, 0.1) is 0 Å². The van der Waals surface area contributed by atoms with E-state index in [9.17, 15) is 9.59 Å². The van der Waals surface area contributed by atoms with E-state index in [1.807, 2.05) is 11.8 Å². The molecule has 2 saturated heterocycles. The fourth-order valence-electron chi connectivity index (χ4n) is 3.43. The maximum absolute atomic E-state index is 12.8. The Morgan fingerprint density at radius 1 is 1.32 bits per heavy atom. The first kappa shape index (κ1) is 16.5. The number of thioether (sulfide) groups is 1. The summed E-state index contributed by atoms with van der Waals surface area (Å²) < 4.78 is 16.4. The van der Waals surface area contributed by atoms with Gasteiger partial charge in [0.15, 0.2) is 11.3 Å². The second-order valence-electron chi connectivity index (χ2n) is 6.23. The molecule has 6 nitrogen and oxygen atoms in total. The fraction of sp³-hybridized carbons (Fsp3) is 0.444. The molecule has 25 heavy (non-hydrogen) atoms. The van der Waals surface area contributed by atoms with Crippen LogP contribution < -0.4 is 10.4 Å². The van der Waals surface area contributed by atoms with Crippen LogP contribution in [0.2, 0.25) is 0 Å². The summed E-state index contributed by atoms with van der Waals surface area (Å²) in [5.41, 5.74) is -0.203. The van der Waals surface area contributed by atoms with Gasteiger partial charge in [-0.25, -0.2) is 4.79 Å². The maximum atomic E-state index is 12.8. The van der Waals surface area contributed by atoms with Crippen molar-refractivity contribution in [3.05, 3.63) is 40.2 Å². The van der Waals surface area contributed by atoms with Gasteiger partial charge in [0.25, 0.3) is 5.91 Å². The number of methoxy groups -OCH3 is 1. The molecule has 1 aromatic heterocycles. The molecule has 0 N–H and O–H groups in total. The predicted octanol–water partition coefficient (Wildman–Crippen LogP) is 2.50. The summed E-state index contributed by atoms with van der Waals surface area (Å²) >= 11 is 1.83. The van der Waals surface area contributed by atoms with Crippen molar-refractivity contribution in [3.63, 3.8) is 0 Å². The second kappa shape index (κ2) is 6.38. The normalized spacial score (nSPS) is 19.5. The number of nitrogens with zero attached hydrogens (tertiary/aromatic N) is 1. The lowest BCUT2D eigenvalue weighted by molar-refractivity contribution is 0.00343. The Morgan fingerprint density at radius 3 is 2.80 bits per heavy atom. The molecular weight excluding hydrogens is 342 g/mol. The minimum absolute atomic E-state index is 0.0664. The monoisotopic (exact) mass is 361 g/mol. The predicted molar refractivity (Wildman–Crippen MR) is 95.3 cm³/mol. The quantitative estimate of drug-likeness (QED) is 0.766. The molecule has 0 aliphatic carbocycles. The summed E-state index contributed by atoms with van der Waals surface area (Å²) in [6.45, 7) is 1.94. The molecule has 0 radical (unpaired) electrons. The van der Waals surface area contributed by atoms with Crippen LogP contribution in [-0.2, 0) is 4.74 Å². The molecule has 0 atom stereocenters. The summed E-state index contributed by atoms with van der Waals surface area (Å²) in [6.07, 6.45) is 1.58. The molecule has 3 heterocycles. The number of likely N-dealkylation sites (tertiary alicyclic amines) is 1. The molecular formula is C18H19NO5S. The lowest BCUT2D eigenvalue weighted by atomic mass is 10.1. The SMILES string of the molecule is COc1cccc2cc(C(=O)N3CCC4(CC3)OCCS4)c(=O)oc12. The summed E-state index contributed by atoms with van der Waals surface area (Å²) in [4.78, 5) is 26.7. The number of hydrogen-bond donors (Lipinski definition) is 0. The van der Waals surface area contributed by atoms with E-state index in [4.69, 9.17) is 13.9 Å². The van der Waals surface area contributed by atoms with Crippen molar-refractivity contribution in [2.75, 3.05) is 32.6 Å². The van der Waals surface area contributed by atoms with Crippen LogP contribution in [0.3, 0.4) is 0 Å². The first-order valence-electron chi connectivity index (χ1n) is 8.30. The van der Waals surface area contributed by atoms with E-state index in [0.29, 0.717) is 29.8 Å². The molecule has 7 heteroatoms. The zero-order valence-electron chi connectivity index (χ0n) is 13.9. The fourth-order valence-corrected chi connectivity index (χ4v) is 4.61. The smallest absolute Gasteiger partial charge is 0.349 e. The van der Waals surface area contributed by atoms with Gasteiger partial charge in [-0.3, -0.25) is 4.79 Å². The lowest BCUT2D eigenvalue weighted by Gasteiger charge is -2.37. The van der Waals surface area contributed by atoms with Gasteiger partial charge in [0.2, 0.25) is 0 Å². The Morgan fingerprint density at radius 2 is 2.12 bits per heavy atom. The van der Waals surface area contributed by atoms with E-state index in [1.165, 1.54) is 7.11 Å². The van der Waals surface area contributed by atoms with E-state index >= 15 is 0 Å². The highest BCUT2D eigenvalue weighted by Gasteiger charge is 2.40. The number of hydrogen-bond acceptors (Lipinski definition) is 6. The van der Waals surface area contributed by atoms with E-state index in [2.05, 4.69) is 0 Å². The maximum Gasteiger partial charge on any atom is 0.349 e. The number of carbonyl (C=O) groups excluding carboxylic acids is 1. The van der Waals surface area contributed by atoms with Gasteiger partial charge in [0.1, 0.15) is 10.5 Å². The highest BCUT2D eigenvalue weighted by Crippen LogP contribution is 2.41. The summed E-state index contributed by atoms with van der Waals surface area (Å²) in [7, 11) is 1.51. The average Bonchev–Trinajstić information content (AvgIpc) is 3.09. The zero-order valence-corrected chi connectivity index (χ0v) is 14.8. The Hall–Kier alpha value is -1.99. The number of rotatable bonds is 2. The standard InChI is InChI=1S/C18H19NO5S/c1-22-14-4-2-3-12-11-13(17(21)24-15(12)14)16(20)19-7-5-18(6-8-19)23-9-10-25-18/h2-4,11H,5-10H2,1H3. The number of ether oxygens (including phenoxy) is 2. The Kier molecular flexibility index (Phi) is 4.21. The van der Waals surface area contributed by atoms with Crippen molar-refractivity contribution in [2.45, 2.75) is 17.8 Å². The Balaban J connectivity index is 1.60. The number of benzene rings is 1. The Bertz CT molecular complexity index is 861. The van der Waals surface area contributed by atoms with Crippen LogP contribution in [0.15, 0.2) is 33.5 Å². The topological polar surface area (TPSA) is 69.0 Å². The number of para-hydroxylation sites is 1. The van der Waals surface area contributed by atoms with Crippen LogP contribution in [-0.4, -0.2) is 48.3 Å². The van der Waals surface area contributed by atoms with Gasteiger partial charge >= 0.3 is 5.63 Å². The van der Waals surface area contributed by atoms with Crippen molar-refractivity contribution in [1.82, 2.24) is 4.90 Å². The van der Waals surface area contributed by atoms with Crippen molar-refractivity contribution in [1.29, 1.82) is 0 Å². The molecule has 1 spiro atoms. The molecule has 1 aromatic carbocycles. The molecule has 2 aliphatic heterocycles. The van der Waals surface area contributed by atoms with Gasteiger partial charge in [-0.15, -0.1) is 11.8 Å². The van der Waals surface area contributed by atoms with Crippen LogP contribution in [0.4, 0.5) is 0 Å². The van der Waals surface area contributed by atoms with Crippen LogP contribution >= 0.6 is 11.8 Å². The molecule has 2 aliphatic rings. The molecule has 132 valence electrons. The molecule has 0 saturated carbocycles. The third kappa shape index (κ3) is 2.91. The molecule has 0 unspecified atom stereocenters. The first-order chi connectivity index (χ1) is 12.1. The zero-order chi connectivity index (χ0) is 17.4. The summed E-state index contributed by atoms with van der Waals surface area (Å²) in [5.74, 6) is 1.20. The largest absolute Gasteiger partial charge is 0.493 e. The van der Waals surface area contributed by atoms with Gasteiger partial charge in [-0.2, -0.15) is 0 Å². The number of carbonyl (C=O) groups is 1. The third-order valence-electron chi connectivity index (χ3n) is 4.80. The van der Waals surface area contributed by atoms with E-state index in [0.717, 1.165) is 25.2 Å². The summed E-state index contributed by atoms with van der Waals surface area (Å²) in [5, 5.41) is 0.672. The molecule has 2 aromatic rings. The first-order valence-corrected chi connectivity index (χ1v) is 9.28. The number of amides is 1. The van der Waals surface area contributed by atoms with Gasteiger partial charge in [0.05, 0.1) is 13.7 Å². The highest BCUT2D eigenvalue weighted by atomic mass is 32.2. The molecule has 0 bridgehead atoms. The van der Waals surface area contributed by atoms with E-state index < -0.39 is 5.63 Å². The van der Waals surface area contributed by atoms with Crippen molar-refractivity contribution in [3.8, 4) is 5.75 Å². The van der Waals surface area contributed by atoms with Crippen molar-refractivity contribution >= 4 is 28.6 Å². The minimum Gasteiger partial charge on any atom is -0.493 e. The van der Waals surface area contributed by atoms with Crippen LogP contribution in [0.1, 0.15) is 23.2 Å². The lowest BCUT2D eigenvalue weighted by Crippen LogP contribution is -2.46. The third-order valence-corrected chi connectivity index (χ3v) is 6.22. The van der Waals surface area contributed by atoms with Gasteiger partial charge < -0.3 is 18.8 Å². The highest BCUT2D eigenvalue weighted by molar-refractivity contribution is 8.00. The van der Waals surface area contributed by atoms with Gasteiger partial charge in [-0.05, 0) is 12.1 Å². The second-order valence-corrected chi connectivity index (χ2v) is 7.67. The molecule has 1 amide bonds. The van der Waals surface area contributed by atoms with Gasteiger partial charge in [0, 0.05) is 37.1 Å². The number of fused-ring (bicyclic) bond motifs is 1. The number of piperidine rings is 1. The van der Waals surface area contributed by atoms with Crippen molar-refractivity contribution < 1.29 is 18.7 Å². The van der Waals surface area contributed by atoms with E-state index in [1.54, 1.807) is 29.2 Å². The average molecular weight is 361 g/mol. The summed E-state index contributed by atoms with van der Waals surface area (Å²) in [6, 6.07) is 6.91.